The Balaban J connectivity index is 1.26. The van der Waals surface area contributed by atoms with Crippen LogP contribution in [-0.4, -0.2) is 22.9 Å². The van der Waals surface area contributed by atoms with E-state index < -0.39 is 5.92 Å². The molecule has 6 heteroatoms. The molecule has 36 heavy (non-hydrogen) atoms. The molecule has 0 saturated heterocycles. The van der Waals surface area contributed by atoms with E-state index in [-0.39, 0.29) is 11.5 Å². The number of hydrogen-bond donors (Lipinski definition) is 2. The van der Waals surface area contributed by atoms with Crippen molar-refractivity contribution < 1.29 is 13.6 Å². The number of halogens is 2. The Bertz CT molecular complexity index is 1350. The Morgan fingerprint density at radius 2 is 1.56 bits per heavy atom. The lowest BCUT2D eigenvalue weighted by Gasteiger charge is -2.28. The lowest BCUT2D eigenvalue weighted by molar-refractivity contribution is -0.121. The fourth-order valence-electron chi connectivity index (χ4n) is 5.25. The number of amides is 1. The molecule has 4 nitrogen and oxygen atoms in total. The smallest absolute Gasteiger partial charge is 0.270 e. The van der Waals surface area contributed by atoms with Crippen LogP contribution in [0, 0.1) is 5.92 Å². The van der Waals surface area contributed by atoms with Gasteiger partial charge in [0.15, 0.2) is 0 Å². The van der Waals surface area contributed by atoms with Crippen molar-refractivity contribution >= 4 is 16.9 Å². The SMILES string of the molecule is CNC(=O)CC1CCC(c2ccc(-c3ccc(-c4nc5ccc(C(C)(F)F)cc5[nH]4)cc3)cc2)CC1. The number of aromatic amines is 1. The summed E-state index contributed by atoms with van der Waals surface area (Å²) in [5.74, 6) is -1.02. The Hall–Kier alpha value is -3.54. The van der Waals surface area contributed by atoms with E-state index in [1.54, 1.807) is 13.1 Å². The topological polar surface area (TPSA) is 57.8 Å². The van der Waals surface area contributed by atoms with Crippen molar-refractivity contribution in [3.05, 3.63) is 77.9 Å². The van der Waals surface area contributed by atoms with Crippen molar-refractivity contribution in [3.8, 4) is 22.5 Å². The minimum Gasteiger partial charge on any atom is -0.359 e. The summed E-state index contributed by atoms with van der Waals surface area (Å²) in [5.41, 5.74) is 5.78. The minimum atomic E-state index is -2.89. The van der Waals surface area contributed by atoms with Crippen molar-refractivity contribution in [1.82, 2.24) is 15.3 Å². The first-order valence-electron chi connectivity index (χ1n) is 12.6. The van der Waals surface area contributed by atoms with E-state index in [0.717, 1.165) is 49.3 Å². The van der Waals surface area contributed by atoms with Gasteiger partial charge in [-0.05, 0) is 66.3 Å². The summed E-state index contributed by atoms with van der Waals surface area (Å²) in [5, 5.41) is 2.73. The number of benzene rings is 3. The number of nitrogens with one attached hydrogen (secondary N) is 2. The number of carbonyl (C=O) groups excluding carboxylic acids is 1. The van der Waals surface area contributed by atoms with Gasteiger partial charge in [0.25, 0.3) is 5.92 Å². The van der Waals surface area contributed by atoms with Gasteiger partial charge in [-0.3, -0.25) is 4.79 Å². The van der Waals surface area contributed by atoms with E-state index in [0.29, 0.717) is 35.1 Å². The van der Waals surface area contributed by atoms with E-state index >= 15 is 0 Å². The highest BCUT2D eigenvalue weighted by Crippen LogP contribution is 2.38. The Kier molecular flexibility index (Phi) is 6.61. The molecular formula is C30H31F2N3O. The number of H-pyrrole nitrogens is 1. The maximum Gasteiger partial charge on any atom is 0.270 e. The standard InChI is InChI=1S/C30H31F2N3O/c1-30(31,32)25-15-16-26-27(18-25)35-29(34-26)24-13-11-23(12-14-24)22-9-7-21(8-10-22)20-5-3-19(4-6-20)17-28(36)33-2/h7-16,18-20H,3-6,17H2,1-2H3,(H,33,36)(H,34,35). The molecule has 4 aromatic rings. The second-order valence-electron chi connectivity index (χ2n) is 10.0. The first kappa shape index (κ1) is 24.2. The summed E-state index contributed by atoms with van der Waals surface area (Å²) >= 11 is 0. The average Bonchev–Trinajstić information content (AvgIpc) is 3.32. The van der Waals surface area contributed by atoms with Gasteiger partial charge in [-0.2, -0.15) is 0 Å². The van der Waals surface area contributed by atoms with Crippen LogP contribution >= 0.6 is 0 Å². The Morgan fingerprint density at radius 3 is 2.17 bits per heavy atom. The molecule has 0 atom stereocenters. The van der Waals surface area contributed by atoms with E-state index in [2.05, 4.69) is 51.7 Å². The molecule has 0 spiro atoms. The predicted octanol–water partition coefficient (Wildman–Crippen LogP) is 7.42. The van der Waals surface area contributed by atoms with Crippen LogP contribution in [0.15, 0.2) is 66.7 Å². The molecular weight excluding hydrogens is 456 g/mol. The zero-order valence-corrected chi connectivity index (χ0v) is 20.7. The van der Waals surface area contributed by atoms with Crippen LogP contribution < -0.4 is 5.32 Å². The third-order valence-electron chi connectivity index (χ3n) is 7.46. The van der Waals surface area contributed by atoms with Crippen molar-refractivity contribution in [2.75, 3.05) is 7.05 Å². The van der Waals surface area contributed by atoms with Gasteiger partial charge in [-0.25, -0.2) is 13.8 Å². The summed E-state index contributed by atoms with van der Waals surface area (Å²) in [6.45, 7) is 0.900. The summed E-state index contributed by atoms with van der Waals surface area (Å²) in [4.78, 5) is 19.4. The highest BCUT2D eigenvalue weighted by molar-refractivity contribution is 5.80. The van der Waals surface area contributed by atoms with Gasteiger partial charge in [0, 0.05) is 31.5 Å². The fraction of sp³-hybridized carbons (Fsp3) is 0.333. The molecule has 5 rings (SSSR count). The predicted molar refractivity (Wildman–Crippen MR) is 140 cm³/mol. The van der Waals surface area contributed by atoms with Gasteiger partial charge in [0.1, 0.15) is 5.82 Å². The first-order chi connectivity index (χ1) is 17.3. The number of rotatable bonds is 6. The second-order valence-corrected chi connectivity index (χ2v) is 10.0. The molecule has 1 aliphatic rings. The molecule has 1 aliphatic carbocycles. The van der Waals surface area contributed by atoms with Gasteiger partial charge in [-0.1, -0.05) is 54.6 Å². The maximum atomic E-state index is 13.7. The zero-order chi connectivity index (χ0) is 25.3. The highest BCUT2D eigenvalue weighted by atomic mass is 19.3. The molecule has 0 radical (unpaired) electrons. The van der Waals surface area contributed by atoms with Gasteiger partial charge >= 0.3 is 0 Å². The second kappa shape index (κ2) is 9.84. The van der Waals surface area contributed by atoms with Gasteiger partial charge in [-0.15, -0.1) is 0 Å². The van der Waals surface area contributed by atoms with Crippen molar-refractivity contribution in [1.29, 1.82) is 0 Å². The highest BCUT2D eigenvalue weighted by Gasteiger charge is 2.25. The van der Waals surface area contributed by atoms with Crippen molar-refractivity contribution in [3.63, 3.8) is 0 Å². The average molecular weight is 488 g/mol. The van der Waals surface area contributed by atoms with Gasteiger partial charge in [0.2, 0.25) is 5.91 Å². The monoisotopic (exact) mass is 487 g/mol. The minimum absolute atomic E-state index is 0.0269. The summed E-state index contributed by atoms with van der Waals surface area (Å²) < 4.78 is 27.3. The number of imidazole rings is 1. The molecule has 1 aromatic heterocycles. The molecule has 1 fully saturated rings. The molecule has 1 amide bonds. The Labute approximate surface area is 210 Å². The number of aromatic nitrogens is 2. The number of hydrogen-bond acceptors (Lipinski definition) is 2. The molecule has 0 aliphatic heterocycles. The van der Waals surface area contributed by atoms with Gasteiger partial charge in [0.05, 0.1) is 11.0 Å². The summed E-state index contributed by atoms with van der Waals surface area (Å²) in [6.07, 6.45) is 5.10. The quantitative estimate of drug-likeness (QED) is 0.297. The third kappa shape index (κ3) is 5.18. The molecule has 186 valence electrons. The molecule has 3 aromatic carbocycles. The van der Waals surface area contributed by atoms with Crippen LogP contribution in [0.5, 0.6) is 0 Å². The van der Waals surface area contributed by atoms with E-state index in [1.807, 2.05) is 12.1 Å². The van der Waals surface area contributed by atoms with Crippen LogP contribution in [0.2, 0.25) is 0 Å². The van der Waals surface area contributed by atoms with Gasteiger partial charge < -0.3 is 10.3 Å². The maximum absolute atomic E-state index is 13.7. The number of nitrogens with zero attached hydrogens (tertiary/aromatic N) is 1. The number of fused-ring (bicyclic) bond motifs is 1. The zero-order valence-electron chi connectivity index (χ0n) is 20.7. The molecule has 2 N–H and O–H groups in total. The molecule has 0 bridgehead atoms. The van der Waals surface area contributed by atoms with E-state index in [4.69, 9.17) is 0 Å². The van der Waals surface area contributed by atoms with Crippen LogP contribution in [0.3, 0.4) is 0 Å². The number of carbonyl (C=O) groups is 1. The van der Waals surface area contributed by atoms with E-state index in [9.17, 15) is 13.6 Å². The third-order valence-corrected chi connectivity index (χ3v) is 7.46. The normalized spacial score (nSPS) is 18.3. The fourth-order valence-corrected chi connectivity index (χ4v) is 5.25. The molecule has 1 saturated carbocycles. The first-order valence-corrected chi connectivity index (χ1v) is 12.6. The summed E-state index contributed by atoms with van der Waals surface area (Å²) in [6, 6.07) is 21.5. The lowest BCUT2D eigenvalue weighted by atomic mass is 9.77. The Morgan fingerprint density at radius 1 is 0.944 bits per heavy atom. The van der Waals surface area contributed by atoms with Crippen LogP contribution in [0.4, 0.5) is 8.78 Å². The largest absolute Gasteiger partial charge is 0.359 e. The van der Waals surface area contributed by atoms with E-state index in [1.165, 1.54) is 17.7 Å². The van der Waals surface area contributed by atoms with Crippen LogP contribution in [0.25, 0.3) is 33.5 Å². The molecule has 0 unspecified atom stereocenters. The van der Waals surface area contributed by atoms with Crippen LogP contribution in [-0.2, 0) is 10.7 Å². The summed E-state index contributed by atoms with van der Waals surface area (Å²) in [7, 11) is 1.70. The van der Waals surface area contributed by atoms with Crippen molar-refractivity contribution in [2.45, 2.75) is 50.9 Å². The van der Waals surface area contributed by atoms with Crippen LogP contribution in [0.1, 0.15) is 56.1 Å². The number of alkyl halides is 2. The lowest BCUT2D eigenvalue weighted by Crippen LogP contribution is -2.23. The molecule has 1 heterocycles. The van der Waals surface area contributed by atoms with Crippen molar-refractivity contribution in [2.24, 2.45) is 5.92 Å².